The molecule has 224 valence electrons. The van der Waals surface area contributed by atoms with Crippen molar-refractivity contribution < 1.29 is 29.1 Å². The number of carbonyl (C=O) groups is 5. The number of rotatable bonds is 11. The Morgan fingerprint density at radius 3 is 2.02 bits per heavy atom. The molecule has 43 heavy (non-hydrogen) atoms. The Bertz CT molecular complexity index is 1490. The number of carboxylic acids is 1. The Kier molecular flexibility index (Phi) is 8.89. The number of nitrogens with one attached hydrogen (secondary N) is 2. The van der Waals surface area contributed by atoms with Crippen LogP contribution in [-0.2, 0) is 20.8 Å². The number of carbonyl (C=O) groups excluding carboxylic acids is 4. The van der Waals surface area contributed by atoms with Crippen LogP contribution in [0.15, 0.2) is 66.7 Å². The molecule has 2 atom stereocenters. The molecule has 0 saturated heterocycles. The maximum Gasteiger partial charge on any atom is 0.306 e. The van der Waals surface area contributed by atoms with E-state index in [9.17, 15) is 29.1 Å². The maximum atomic E-state index is 13.9. The van der Waals surface area contributed by atoms with E-state index >= 15 is 0 Å². The molecule has 0 radical (unpaired) electrons. The zero-order valence-electron chi connectivity index (χ0n) is 24.3. The van der Waals surface area contributed by atoms with E-state index in [0.717, 1.165) is 40.5 Å². The molecule has 2 aliphatic rings. The van der Waals surface area contributed by atoms with E-state index in [1.165, 1.54) is 7.05 Å². The van der Waals surface area contributed by atoms with E-state index in [-0.39, 0.29) is 31.2 Å². The lowest BCUT2D eigenvalue weighted by atomic mass is 9.67. The summed E-state index contributed by atoms with van der Waals surface area (Å²) in [5.74, 6) is -3.55. The first-order valence-corrected chi connectivity index (χ1v) is 14.9. The van der Waals surface area contributed by atoms with Crippen LogP contribution in [0.4, 0.5) is 0 Å². The minimum atomic E-state index is -1.08. The zero-order valence-corrected chi connectivity index (χ0v) is 24.3. The van der Waals surface area contributed by atoms with E-state index < -0.39 is 35.2 Å². The van der Waals surface area contributed by atoms with Gasteiger partial charge >= 0.3 is 5.97 Å². The van der Waals surface area contributed by atoms with Crippen LogP contribution in [0.1, 0.15) is 71.2 Å². The average molecular weight is 584 g/mol. The van der Waals surface area contributed by atoms with Crippen molar-refractivity contribution in [1.29, 1.82) is 0 Å². The second-order valence-corrected chi connectivity index (χ2v) is 11.7. The number of amides is 4. The van der Waals surface area contributed by atoms with Gasteiger partial charge in [0.25, 0.3) is 11.8 Å². The molecule has 0 aromatic heterocycles. The van der Waals surface area contributed by atoms with Crippen molar-refractivity contribution in [3.05, 3.63) is 83.4 Å². The molecule has 0 bridgehead atoms. The summed E-state index contributed by atoms with van der Waals surface area (Å²) in [6.45, 7) is -0.0633. The van der Waals surface area contributed by atoms with Crippen LogP contribution < -0.4 is 10.6 Å². The molecule has 3 aromatic carbocycles. The molecule has 1 aliphatic carbocycles. The summed E-state index contributed by atoms with van der Waals surface area (Å²) in [5, 5.41) is 17.5. The highest BCUT2D eigenvalue weighted by Crippen LogP contribution is 2.43. The van der Waals surface area contributed by atoms with Crippen LogP contribution in [-0.4, -0.2) is 59.2 Å². The standard InChI is InChI=1S/C34H37N3O6/c1-35-29(38)28(18-22-10-4-2-5-11-22)36-33(43)34(15-8-3-9-16-34)21-25(32(41)42)14-17-37-30(39)26-19-23-12-6-7-13-24(23)20-27(26)31(37)40/h2,4-7,10-13,19-20,25,28H,3,8-9,14-18,21H2,1H3,(H,35,38)(H,36,43)(H,41,42). The van der Waals surface area contributed by atoms with Crippen LogP contribution in [0.25, 0.3) is 10.8 Å². The average Bonchev–Trinajstić information content (AvgIpc) is 3.25. The number of aliphatic carboxylic acids is 1. The molecule has 3 N–H and O–H groups in total. The number of nitrogens with zero attached hydrogens (tertiary/aromatic N) is 1. The number of benzene rings is 3. The topological polar surface area (TPSA) is 133 Å². The fourth-order valence-electron chi connectivity index (χ4n) is 6.55. The van der Waals surface area contributed by atoms with Crippen LogP contribution in [0.3, 0.4) is 0 Å². The van der Waals surface area contributed by atoms with Gasteiger partial charge in [-0.2, -0.15) is 0 Å². The Hall–Kier alpha value is -4.53. The van der Waals surface area contributed by atoms with Crippen molar-refractivity contribution in [2.75, 3.05) is 13.6 Å². The van der Waals surface area contributed by atoms with Gasteiger partial charge in [-0.15, -0.1) is 0 Å². The van der Waals surface area contributed by atoms with Crippen LogP contribution in [0.5, 0.6) is 0 Å². The Labute approximate surface area is 250 Å². The highest BCUT2D eigenvalue weighted by Gasteiger charge is 2.44. The number of likely N-dealkylation sites (N-methyl/N-ethyl adjacent to an activating group) is 1. The van der Waals surface area contributed by atoms with Crippen molar-refractivity contribution in [3.8, 4) is 0 Å². The predicted octanol–water partition coefficient (Wildman–Crippen LogP) is 4.34. The van der Waals surface area contributed by atoms with E-state index in [2.05, 4.69) is 10.6 Å². The van der Waals surface area contributed by atoms with E-state index in [1.54, 1.807) is 12.1 Å². The molecule has 2 unspecified atom stereocenters. The molecule has 1 aliphatic heterocycles. The van der Waals surface area contributed by atoms with Crippen molar-refractivity contribution in [3.63, 3.8) is 0 Å². The SMILES string of the molecule is CNC(=O)C(Cc1ccccc1)NC(=O)C1(CC(CCN2C(=O)c3cc4ccccc4cc3C2=O)C(=O)O)CCCCC1. The Balaban J connectivity index is 1.32. The molecule has 1 heterocycles. The molecular weight excluding hydrogens is 546 g/mol. The third-order valence-corrected chi connectivity index (χ3v) is 8.97. The van der Waals surface area contributed by atoms with Crippen molar-refractivity contribution in [2.45, 2.75) is 57.4 Å². The van der Waals surface area contributed by atoms with Gasteiger partial charge < -0.3 is 15.7 Å². The smallest absolute Gasteiger partial charge is 0.306 e. The molecule has 1 saturated carbocycles. The summed E-state index contributed by atoms with van der Waals surface area (Å²) < 4.78 is 0. The second kappa shape index (κ2) is 12.8. The maximum absolute atomic E-state index is 13.9. The third kappa shape index (κ3) is 6.30. The van der Waals surface area contributed by atoms with E-state index in [4.69, 9.17) is 0 Å². The minimum absolute atomic E-state index is 0.0260. The molecule has 9 heteroatoms. The summed E-state index contributed by atoms with van der Waals surface area (Å²) in [5.41, 5.74) is 0.560. The third-order valence-electron chi connectivity index (χ3n) is 8.97. The Morgan fingerprint density at radius 2 is 1.47 bits per heavy atom. The lowest BCUT2D eigenvalue weighted by Crippen LogP contribution is -2.53. The largest absolute Gasteiger partial charge is 0.481 e. The molecule has 3 aromatic rings. The first-order chi connectivity index (χ1) is 20.7. The first-order valence-electron chi connectivity index (χ1n) is 14.9. The molecular formula is C34H37N3O6. The minimum Gasteiger partial charge on any atom is -0.481 e. The molecule has 0 spiro atoms. The predicted molar refractivity (Wildman–Crippen MR) is 161 cm³/mol. The summed E-state index contributed by atoms with van der Waals surface area (Å²) in [6.07, 6.45) is 3.90. The lowest BCUT2D eigenvalue weighted by molar-refractivity contribution is -0.146. The fourth-order valence-corrected chi connectivity index (χ4v) is 6.55. The molecule has 4 amide bonds. The first kappa shape index (κ1) is 29.9. The Morgan fingerprint density at radius 1 is 0.884 bits per heavy atom. The molecule has 5 rings (SSSR count). The fraction of sp³-hybridized carbons (Fsp3) is 0.382. The van der Waals surface area contributed by atoms with Gasteiger partial charge in [0, 0.05) is 20.0 Å². The lowest BCUT2D eigenvalue weighted by Gasteiger charge is -2.38. The zero-order chi connectivity index (χ0) is 30.6. The van der Waals surface area contributed by atoms with Crippen LogP contribution in [0, 0.1) is 11.3 Å². The van der Waals surface area contributed by atoms with Gasteiger partial charge in [-0.1, -0.05) is 73.9 Å². The summed E-state index contributed by atoms with van der Waals surface area (Å²) in [7, 11) is 1.52. The van der Waals surface area contributed by atoms with Gasteiger partial charge in [0.1, 0.15) is 6.04 Å². The number of hydrogen-bond donors (Lipinski definition) is 3. The number of imide groups is 1. The van der Waals surface area contributed by atoms with Crippen molar-refractivity contribution in [2.24, 2.45) is 11.3 Å². The van der Waals surface area contributed by atoms with Gasteiger partial charge in [-0.25, -0.2) is 0 Å². The number of hydrogen-bond acceptors (Lipinski definition) is 5. The van der Waals surface area contributed by atoms with Crippen molar-refractivity contribution in [1.82, 2.24) is 15.5 Å². The number of fused-ring (bicyclic) bond motifs is 2. The highest BCUT2D eigenvalue weighted by molar-refractivity contribution is 6.23. The van der Waals surface area contributed by atoms with E-state index in [0.29, 0.717) is 30.4 Å². The van der Waals surface area contributed by atoms with Gasteiger partial charge in [0.15, 0.2) is 0 Å². The molecule has 9 nitrogen and oxygen atoms in total. The second-order valence-electron chi connectivity index (χ2n) is 11.7. The number of carboxylic acid groups (broad SMARTS) is 1. The van der Waals surface area contributed by atoms with Crippen LogP contribution >= 0.6 is 0 Å². The quantitative estimate of drug-likeness (QED) is 0.288. The highest BCUT2D eigenvalue weighted by atomic mass is 16.4. The van der Waals surface area contributed by atoms with Gasteiger partial charge in [-0.3, -0.25) is 28.9 Å². The summed E-state index contributed by atoms with van der Waals surface area (Å²) in [4.78, 5) is 66.7. The van der Waals surface area contributed by atoms with Gasteiger partial charge in [-0.05, 0) is 54.2 Å². The normalized spacial score (nSPS) is 17.3. The van der Waals surface area contributed by atoms with Gasteiger partial charge in [0.05, 0.1) is 22.5 Å². The van der Waals surface area contributed by atoms with Crippen molar-refractivity contribution >= 4 is 40.4 Å². The molecule has 1 fully saturated rings. The van der Waals surface area contributed by atoms with E-state index in [1.807, 2.05) is 54.6 Å². The summed E-state index contributed by atoms with van der Waals surface area (Å²) in [6, 6.07) is 19.5. The van der Waals surface area contributed by atoms with Crippen LogP contribution in [0.2, 0.25) is 0 Å². The van der Waals surface area contributed by atoms with Gasteiger partial charge in [0.2, 0.25) is 11.8 Å². The monoisotopic (exact) mass is 583 g/mol. The summed E-state index contributed by atoms with van der Waals surface area (Å²) >= 11 is 0.